The predicted molar refractivity (Wildman–Crippen MR) is 403 cm³/mol. The Kier molecular flexibility index (Phi) is 189. The second-order valence-electron chi connectivity index (χ2n) is 11.3. The first-order chi connectivity index (χ1) is 45.1. The van der Waals surface area contributed by atoms with E-state index in [4.69, 9.17) is 55.2 Å². The van der Waals surface area contributed by atoms with Crippen LogP contribution in [0.5, 0.6) is 40.2 Å². The minimum Gasteiger partial charge on any atom is -0.508 e. The van der Waals surface area contributed by atoms with Crippen molar-refractivity contribution < 1.29 is 63.9 Å². The standard InChI is InChI=1S/2C8H8O3.5C6H6O.13C2H6.2CH3NO2.CH5N/c2*1-10-8(9)11-7-5-3-2-4-6-7;5*7-6-4-2-1-3-5-6;13*1-2;2*1-2(3)4;1-2/h2*2-6H,1H3;5*1-5,7H;13*1-2H3;2*1H3;2H2,1H3. The van der Waals surface area contributed by atoms with Crippen LogP contribution in [0.15, 0.2) is 212 Å². The zero-order chi connectivity index (χ0) is 76.9. The molecule has 0 aromatic heterocycles. The average molecular weight is 1320 g/mol. The van der Waals surface area contributed by atoms with Crippen molar-refractivity contribution in [3.63, 3.8) is 0 Å². The molecule has 0 aliphatic carbocycles. The summed E-state index contributed by atoms with van der Waals surface area (Å²) in [5, 5.41) is 60.8. The van der Waals surface area contributed by atoms with Gasteiger partial charge in [-0.3, -0.25) is 20.2 Å². The van der Waals surface area contributed by atoms with E-state index < -0.39 is 22.2 Å². The van der Waals surface area contributed by atoms with Gasteiger partial charge >= 0.3 is 12.3 Å². The molecule has 0 atom stereocenters. The highest BCUT2D eigenvalue weighted by Gasteiger charge is 2.01. The highest BCUT2D eigenvalue weighted by Crippen LogP contribution is 2.10. The summed E-state index contributed by atoms with van der Waals surface area (Å²) in [6.45, 7) is 52.0. The Morgan fingerprint density at radius 1 is 0.280 bits per heavy atom. The number of nitrogens with two attached hydrogens (primary N) is 1. The maximum absolute atomic E-state index is 10.5. The lowest BCUT2D eigenvalue weighted by atomic mass is 10.3. The highest BCUT2D eigenvalue weighted by molar-refractivity contribution is 5.63. The first-order valence-electron chi connectivity index (χ1n) is 32.1. The molecular formula is C75H135N3O15. The number of carbonyl (C=O) groups excluding carboxylic acids is 2. The van der Waals surface area contributed by atoms with Crippen molar-refractivity contribution in [3.8, 4) is 40.2 Å². The Balaban J connectivity index is -0.0000000493. The number of hydrogen-bond donors (Lipinski definition) is 6. The normalized spacial score (nSPS) is 6.75. The minimum absolute atomic E-state index is 0.322. The Bertz CT molecular complexity index is 1900. The molecule has 0 unspecified atom stereocenters. The van der Waals surface area contributed by atoms with Crippen LogP contribution in [0.4, 0.5) is 9.59 Å². The van der Waals surface area contributed by atoms with Gasteiger partial charge in [0.15, 0.2) is 14.1 Å². The largest absolute Gasteiger partial charge is 0.513 e. The van der Waals surface area contributed by atoms with Crippen molar-refractivity contribution in [2.75, 3.05) is 35.4 Å². The molecule has 0 aliphatic rings. The van der Waals surface area contributed by atoms with Crippen LogP contribution in [0.25, 0.3) is 0 Å². The molecule has 540 valence electrons. The van der Waals surface area contributed by atoms with Gasteiger partial charge in [-0.25, -0.2) is 9.59 Å². The molecule has 7 rings (SSSR count). The van der Waals surface area contributed by atoms with Gasteiger partial charge in [-0.05, 0) is 92.0 Å². The third-order valence-corrected chi connectivity index (χ3v) is 6.00. The summed E-state index contributed by atoms with van der Waals surface area (Å²) >= 11 is 0. The fraction of sp³-hybridized carbons (Fsp3) is 0.413. The van der Waals surface area contributed by atoms with Gasteiger partial charge in [0.1, 0.15) is 40.2 Å². The van der Waals surface area contributed by atoms with Gasteiger partial charge in [0.05, 0.1) is 14.2 Å². The third-order valence-electron chi connectivity index (χ3n) is 6.00. The topological polar surface area (TPSA) is 285 Å². The number of methoxy groups -OCH3 is 2. The van der Waals surface area contributed by atoms with Crippen LogP contribution in [0.1, 0.15) is 180 Å². The molecular weight excluding hydrogens is 1180 g/mol. The number of nitrogens with zero attached hydrogens (tertiary/aromatic N) is 2. The first kappa shape index (κ1) is 125. The van der Waals surface area contributed by atoms with Crippen LogP contribution in [0.2, 0.25) is 0 Å². The fourth-order valence-electron chi connectivity index (χ4n) is 3.39. The monoisotopic (exact) mass is 1320 g/mol. The molecule has 0 saturated carbocycles. The van der Waals surface area contributed by atoms with Crippen molar-refractivity contribution in [1.82, 2.24) is 0 Å². The number of para-hydroxylation sites is 7. The van der Waals surface area contributed by atoms with Crippen molar-refractivity contribution in [2.45, 2.75) is 180 Å². The maximum Gasteiger partial charge on any atom is 0.513 e. The molecule has 0 spiro atoms. The van der Waals surface area contributed by atoms with E-state index in [1.165, 1.54) is 21.3 Å². The molecule has 0 radical (unpaired) electrons. The van der Waals surface area contributed by atoms with E-state index in [2.05, 4.69) is 15.2 Å². The molecule has 0 aliphatic heterocycles. The van der Waals surface area contributed by atoms with Crippen LogP contribution < -0.4 is 15.2 Å². The average Bonchev–Trinajstić information content (AvgIpc) is 3.85. The van der Waals surface area contributed by atoms with Gasteiger partial charge in [-0.2, -0.15) is 0 Å². The summed E-state index contributed by atoms with van der Waals surface area (Å²) in [5.41, 5.74) is 4.50. The molecule has 0 saturated heterocycles. The van der Waals surface area contributed by atoms with E-state index in [1.807, 2.05) is 222 Å². The van der Waals surface area contributed by atoms with Gasteiger partial charge in [0.2, 0.25) is 0 Å². The van der Waals surface area contributed by atoms with Crippen molar-refractivity contribution in [3.05, 3.63) is 233 Å². The smallest absolute Gasteiger partial charge is 0.508 e. The number of rotatable bonds is 2. The van der Waals surface area contributed by atoms with Crippen LogP contribution in [0.3, 0.4) is 0 Å². The lowest BCUT2D eigenvalue weighted by Crippen LogP contribution is -2.06. The Hall–Kier alpha value is -9.16. The highest BCUT2D eigenvalue weighted by atomic mass is 16.7. The molecule has 0 amide bonds. The number of benzene rings is 7. The van der Waals surface area contributed by atoms with Crippen molar-refractivity contribution in [1.29, 1.82) is 0 Å². The van der Waals surface area contributed by atoms with Gasteiger partial charge in [-0.15, -0.1) is 0 Å². The van der Waals surface area contributed by atoms with Crippen LogP contribution in [-0.4, -0.2) is 83.1 Å². The number of nitro groups is 2. The molecule has 93 heavy (non-hydrogen) atoms. The van der Waals surface area contributed by atoms with Crippen LogP contribution in [-0.2, 0) is 9.47 Å². The zero-order valence-electron chi connectivity index (χ0n) is 63.5. The predicted octanol–water partition coefficient (Wildman–Crippen LogP) is 23.3. The lowest BCUT2D eigenvalue weighted by molar-refractivity contribution is -0.445. The van der Waals surface area contributed by atoms with E-state index >= 15 is 0 Å². The van der Waals surface area contributed by atoms with E-state index in [0.29, 0.717) is 40.2 Å². The molecule has 7 aromatic carbocycles. The van der Waals surface area contributed by atoms with Gasteiger partial charge < -0.3 is 50.2 Å². The van der Waals surface area contributed by atoms with Crippen LogP contribution in [0, 0.1) is 20.2 Å². The second-order valence-corrected chi connectivity index (χ2v) is 11.3. The molecule has 18 heteroatoms. The Labute approximate surface area is 567 Å². The minimum atomic E-state index is -0.698. The quantitative estimate of drug-likeness (QED) is 0.0406. The summed E-state index contributed by atoms with van der Waals surface area (Å²) in [4.78, 5) is 37.7. The van der Waals surface area contributed by atoms with Gasteiger partial charge in [-0.1, -0.05) is 307 Å². The van der Waals surface area contributed by atoms with Crippen LogP contribution >= 0.6 is 0 Å². The number of phenolic OH excluding ortho intramolecular Hbond substituents is 5. The Morgan fingerprint density at radius 2 is 0.376 bits per heavy atom. The number of carbonyl (C=O) groups is 2. The van der Waals surface area contributed by atoms with E-state index in [-0.39, 0.29) is 0 Å². The SMILES string of the molecule is CC.CC.CC.CC.CC.CC.CC.CC.CC.CC.CC.CC.CC.CN.COC(=O)Oc1ccccc1.COC(=O)Oc1ccccc1.C[N+](=O)[O-].C[N+](=O)[O-].Oc1ccccc1.Oc1ccccc1.Oc1ccccc1.Oc1ccccc1.Oc1ccccc1. The summed E-state index contributed by atoms with van der Waals surface area (Å²) in [7, 11) is 5.82. The third kappa shape index (κ3) is 156. The number of ether oxygens (including phenoxy) is 4. The fourth-order valence-corrected chi connectivity index (χ4v) is 3.39. The van der Waals surface area contributed by atoms with Crippen molar-refractivity contribution >= 4 is 12.3 Å². The summed E-state index contributed by atoms with van der Waals surface area (Å²) in [6.07, 6.45) is -1.40. The van der Waals surface area contributed by atoms with E-state index in [9.17, 15) is 9.59 Å². The first-order valence-corrected chi connectivity index (χ1v) is 32.1. The lowest BCUT2D eigenvalue weighted by Gasteiger charge is -1.99. The summed E-state index contributed by atoms with van der Waals surface area (Å²) in [5.74, 6) is 2.58. The maximum atomic E-state index is 10.5. The molecule has 7 N–H and O–H groups in total. The molecule has 0 bridgehead atoms. The summed E-state index contributed by atoms with van der Waals surface area (Å²) in [6, 6.07) is 61.1. The molecule has 0 heterocycles. The van der Waals surface area contributed by atoms with Gasteiger partial charge in [0, 0.05) is 9.85 Å². The molecule has 18 nitrogen and oxygen atoms in total. The summed E-state index contributed by atoms with van der Waals surface area (Å²) < 4.78 is 18.0. The number of aromatic hydroxyl groups is 5. The Morgan fingerprint density at radius 3 is 0.452 bits per heavy atom. The number of phenols is 5. The second kappa shape index (κ2) is 141. The van der Waals surface area contributed by atoms with Crippen molar-refractivity contribution in [2.24, 2.45) is 5.73 Å². The van der Waals surface area contributed by atoms with E-state index in [0.717, 1.165) is 14.1 Å². The van der Waals surface area contributed by atoms with Gasteiger partial charge in [0.25, 0.3) is 0 Å². The number of hydrogen-bond acceptors (Lipinski definition) is 16. The zero-order valence-corrected chi connectivity index (χ0v) is 63.5. The molecule has 0 fully saturated rings. The molecule has 7 aromatic rings. The van der Waals surface area contributed by atoms with E-state index in [1.54, 1.807) is 170 Å².